The largest absolute Gasteiger partial charge is 0.464 e. The van der Waals surface area contributed by atoms with E-state index in [1.54, 1.807) is 23.9 Å². The summed E-state index contributed by atoms with van der Waals surface area (Å²) in [6.07, 6.45) is 1.71. The second kappa shape index (κ2) is 4.01. The molecule has 0 atom stereocenters. The molecule has 0 spiro atoms. The van der Waals surface area contributed by atoms with Crippen LogP contribution < -0.4 is 0 Å². The van der Waals surface area contributed by atoms with Gasteiger partial charge >= 0.3 is 5.97 Å². The van der Waals surface area contributed by atoms with Gasteiger partial charge in [-0.15, -0.1) is 0 Å². The number of aryl methyl sites for hydroxylation is 1. The van der Waals surface area contributed by atoms with Gasteiger partial charge in [0.15, 0.2) is 0 Å². The van der Waals surface area contributed by atoms with Crippen molar-refractivity contribution in [3.05, 3.63) is 18.0 Å². The van der Waals surface area contributed by atoms with Crippen molar-refractivity contribution in [1.82, 2.24) is 4.57 Å². The van der Waals surface area contributed by atoms with Crippen molar-refractivity contribution in [2.24, 2.45) is 7.05 Å². The summed E-state index contributed by atoms with van der Waals surface area (Å²) in [5.74, 6) is -0.396. The SMILES string of the molecule is COC(=O)c1cc(SC#N)cn1C. The third-order valence-electron chi connectivity index (χ3n) is 1.54. The third kappa shape index (κ3) is 2.04. The highest BCUT2D eigenvalue weighted by Gasteiger charge is 2.11. The van der Waals surface area contributed by atoms with Crippen molar-refractivity contribution in [3.8, 4) is 5.40 Å². The monoisotopic (exact) mass is 196 g/mol. The molecule has 13 heavy (non-hydrogen) atoms. The van der Waals surface area contributed by atoms with E-state index in [4.69, 9.17) is 5.26 Å². The van der Waals surface area contributed by atoms with Gasteiger partial charge in [0.25, 0.3) is 0 Å². The van der Waals surface area contributed by atoms with Crippen LogP contribution in [0.4, 0.5) is 0 Å². The molecule has 4 nitrogen and oxygen atoms in total. The van der Waals surface area contributed by atoms with Crippen LogP contribution in [-0.4, -0.2) is 17.6 Å². The normalized spacial score (nSPS) is 9.31. The summed E-state index contributed by atoms with van der Waals surface area (Å²) in [7, 11) is 3.06. The quantitative estimate of drug-likeness (QED) is 0.407. The molecule has 1 rings (SSSR count). The number of ether oxygens (including phenoxy) is 1. The van der Waals surface area contributed by atoms with Crippen LogP contribution in [0.2, 0.25) is 0 Å². The number of rotatable bonds is 2. The first-order valence-electron chi connectivity index (χ1n) is 3.49. The van der Waals surface area contributed by atoms with Gasteiger partial charge in [-0.3, -0.25) is 0 Å². The van der Waals surface area contributed by atoms with Gasteiger partial charge in [-0.25, -0.2) is 4.79 Å². The summed E-state index contributed by atoms with van der Waals surface area (Å²) in [6.45, 7) is 0. The first kappa shape index (κ1) is 9.68. The van der Waals surface area contributed by atoms with Gasteiger partial charge in [0.2, 0.25) is 0 Å². The van der Waals surface area contributed by atoms with Gasteiger partial charge in [-0.1, -0.05) is 0 Å². The van der Waals surface area contributed by atoms with Crippen LogP contribution in [0.15, 0.2) is 17.2 Å². The second-order valence-electron chi connectivity index (χ2n) is 2.36. The van der Waals surface area contributed by atoms with Crippen molar-refractivity contribution in [1.29, 1.82) is 5.26 Å². The molecule has 0 aliphatic carbocycles. The van der Waals surface area contributed by atoms with Crippen molar-refractivity contribution in [2.75, 3.05) is 7.11 Å². The second-order valence-corrected chi connectivity index (χ2v) is 3.21. The maximum absolute atomic E-state index is 11.1. The zero-order chi connectivity index (χ0) is 9.84. The van der Waals surface area contributed by atoms with Crippen molar-refractivity contribution in [2.45, 2.75) is 4.90 Å². The Morgan fingerprint density at radius 1 is 1.77 bits per heavy atom. The molecule has 1 aromatic heterocycles. The smallest absolute Gasteiger partial charge is 0.354 e. The van der Waals surface area contributed by atoms with Gasteiger partial charge in [-0.2, -0.15) is 5.26 Å². The number of hydrogen-bond acceptors (Lipinski definition) is 4. The lowest BCUT2D eigenvalue weighted by Gasteiger charge is -1.98. The first-order valence-corrected chi connectivity index (χ1v) is 4.31. The lowest BCUT2D eigenvalue weighted by molar-refractivity contribution is 0.0590. The molecule has 68 valence electrons. The van der Waals surface area contributed by atoms with Crippen LogP contribution in [0.3, 0.4) is 0 Å². The number of thioether (sulfide) groups is 1. The first-order chi connectivity index (χ1) is 6.19. The van der Waals surface area contributed by atoms with Gasteiger partial charge in [0.05, 0.1) is 7.11 Å². The molecule has 0 aliphatic rings. The van der Waals surface area contributed by atoms with Gasteiger partial charge in [-0.05, 0) is 17.8 Å². The molecular weight excluding hydrogens is 188 g/mol. The van der Waals surface area contributed by atoms with Crippen LogP contribution in [-0.2, 0) is 11.8 Å². The number of aromatic nitrogens is 1. The summed E-state index contributed by atoms with van der Waals surface area (Å²) in [6, 6.07) is 1.62. The highest BCUT2D eigenvalue weighted by molar-refractivity contribution is 8.03. The average Bonchev–Trinajstić information content (AvgIpc) is 2.46. The minimum Gasteiger partial charge on any atom is -0.464 e. The van der Waals surface area contributed by atoms with E-state index in [-0.39, 0.29) is 0 Å². The van der Waals surface area contributed by atoms with Crippen molar-refractivity contribution < 1.29 is 9.53 Å². The Hall–Kier alpha value is -1.41. The van der Waals surface area contributed by atoms with E-state index < -0.39 is 5.97 Å². The standard InChI is InChI=1S/C8H8N2O2S/c1-10-4-6(13-5-9)3-7(10)8(11)12-2/h3-4H,1-2H3. The molecule has 1 aromatic rings. The summed E-state index contributed by atoms with van der Waals surface area (Å²) in [4.78, 5) is 11.9. The fraction of sp³-hybridized carbons (Fsp3) is 0.250. The highest BCUT2D eigenvalue weighted by Crippen LogP contribution is 2.19. The molecule has 0 aromatic carbocycles. The number of esters is 1. The van der Waals surface area contributed by atoms with Crippen molar-refractivity contribution in [3.63, 3.8) is 0 Å². The number of carbonyl (C=O) groups excluding carboxylic acids is 1. The third-order valence-corrected chi connectivity index (χ3v) is 2.09. The lowest BCUT2D eigenvalue weighted by Crippen LogP contribution is -2.06. The molecule has 0 amide bonds. The number of carbonyl (C=O) groups is 1. The van der Waals surface area contributed by atoms with Crippen LogP contribution in [0.25, 0.3) is 0 Å². The van der Waals surface area contributed by atoms with E-state index in [2.05, 4.69) is 4.74 Å². The predicted molar refractivity (Wildman–Crippen MR) is 48.2 cm³/mol. The van der Waals surface area contributed by atoms with Crippen LogP contribution in [0.1, 0.15) is 10.5 Å². The molecule has 0 N–H and O–H groups in total. The maximum atomic E-state index is 11.1. The molecule has 0 saturated carbocycles. The Morgan fingerprint density at radius 2 is 2.46 bits per heavy atom. The topological polar surface area (TPSA) is 55.0 Å². The van der Waals surface area contributed by atoms with Crippen LogP contribution >= 0.6 is 11.8 Å². The Labute approximate surface area is 80.1 Å². The highest BCUT2D eigenvalue weighted by atomic mass is 32.2. The van der Waals surface area contributed by atoms with Crippen molar-refractivity contribution >= 4 is 17.7 Å². The zero-order valence-corrected chi connectivity index (χ0v) is 8.09. The van der Waals surface area contributed by atoms with E-state index in [1.165, 1.54) is 7.11 Å². The van der Waals surface area contributed by atoms with E-state index in [0.29, 0.717) is 5.69 Å². The number of nitriles is 1. The molecule has 0 bridgehead atoms. The minimum absolute atomic E-state index is 0.396. The number of hydrogen-bond donors (Lipinski definition) is 0. The van der Waals surface area contributed by atoms with E-state index in [1.807, 2.05) is 5.40 Å². The van der Waals surface area contributed by atoms with Crippen LogP contribution in [0, 0.1) is 10.7 Å². The van der Waals surface area contributed by atoms with Gasteiger partial charge in [0.1, 0.15) is 11.1 Å². The molecule has 0 saturated heterocycles. The Balaban J connectivity index is 2.97. The summed E-state index contributed by atoms with van der Waals surface area (Å²) in [5.41, 5.74) is 0.445. The summed E-state index contributed by atoms with van der Waals surface area (Å²) >= 11 is 1.02. The molecule has 0 aliphatic heterocycles. The Bertz CT molecular complexity index is 365. The molecule has 0 unspecified atom stereocenters. The Morgan fingerprint density at radius 3 is 3.00 bits per heavy atom. The summed E-state index contributed by atoms with van der Waals surface area (Å²) in [5, 5.41) is 10.3. The fourth-order valence-corrected chi connectivity index (χ4v) is 1.44. The summed E-state index contributed by atoms with van der Waals surface area (Å²) < 4.78 is 6.19. The van der Waals surface area contributed by atoms with E-state index >= 15 is 0 Å². The number of methoxy groups -OCH3 is 1. The average molecular weight is 196 g/mol. The number of thiocyanates is 1. The molecule has 0 radical (unpaired) electrons. The Kier molecular flexibility index (Phi) is 2.98. The van der Waals surface area contributed by atoms with E-state index in [0.717, 1.165) is 16.7 Å². The fourth-order valence-electron chi connectivity index (χ4n) is 0.950. The maximum Gasteiger partial charge on any atom is 0.354 e. The zero-order valence-electron chi connectivity index (χ0n) is 7.27. The van der Waals surface area contributed by atoms with E-state index in [9.17, 15) is 4.79 Å². The van der Waals surface area contributed by atoms with Gasteiger partial charge in [0, 0.05) is 18.1 Å². The number of nitrogens with zero attached hydrogens (tertiary/aromatic N) is 2. The predicted octanol–water partition coefficient (Wildman–Crippen LogP) is 1.38. The van der Waals surface area contributed by atoms with Gasteiger partial charge < -0.3 is 9.30 Å². The molecular formula is C8H8N2O2S. The molecule has 1 heterocycles. The minimum atomic E-state index is -0.396. The molecule has 0 fully saturated rings. The molecule has 5 heteroatoms. The van der Waals surface area contributed by atoms with Crippen LogP contribution in [0.5, 0.6) is 0 Å². The lowest BCUT2D eigenvalue weighted by atomic mass is 10.4.